The van der Waals surface area contributed by atoms with Crippen LogP contribution in [0.1, 0.15) is 96.9 Å². The van der Waals surface area contributed by atoms with E-state index in [1.165, 1.54) is 14.1 Å². The van der Waals surface area contributed by atoms with E-state index in [-0.39, 0.29) is 93.8 Å². The Balaban J connectivity index is 0.000000133. The maximum atomic E-state index is 13.3. The first-order valence-corrected chi connectivity index (χ1v) is 46.6. The number of anilines is 12. The van der Waals surface area contributed by atoms with E-state index in [0.717, 1.165) is 69.8 Å². The molecular weight excluding hydrogens is 1690 g/mol. The third-order valence-electron chi connectivity index (χ3n) is 21.6. The summed E-state index contributed by atoms with van der Waals surface area (Å²) in [7, 11) is 9.30. The smallest absolute Gasteiger partial charge is 0.323 e. The summed E-state index contributed by atoms with van der Waals surface area (Å²) in [5.74, 6) is 3.33. The van der Waals surface area contributed by atoms with Crippen LogP contribution < -0.4 is 78.0 Å². The molecule has 7 aliphatic rings. The molecule has 2 bridgehead atoms. The number of ketones is 1. The van der Waals surface area contributed by atoms with Crippen LogP contribution in [0.5, 0.6) is 17.2 Å². The number of aryl methyl sites for hydroxylation is 4. The zero-order chi connectivity index (χ0) is 92.1. The van der Waals surface area contributed by atoms with E-state index in [1.807, 2.05) is 48.5 Å². The molecular formula is C86H97N29O12P2. The number of nitrogens with zero attached hydrogens (tertiary/aromatic N) is 19. The number of para-hydroxylation sites is 3. The van der Waals surface area contributed by atoms with Crippen LogP contribution in [0.4, 0.5) is 73.6 Å². The molecule has 668 valence electrons. The Bertz CT molecular complexity index is 6470. The highest BCUT2D eigenvalue weighted by Gasteiger charge is 2.53. The molecule has 12 aromatic rings. The third-order valence-corrected chi connectivity index (χ3v) is 24.7. The summed E-state index contributed by atoms with van der Waals surface area (Å²) in [6, 6.07) is 28.8. The highest BCUT2D eigenvalue weighted by molar-refractivity contribution is 7.71. The van der Waals surface area contributed by atoms with Gasteiger partial charge in [-0.05, 0) is 133 Å². The lowest BCUT2D eigenvalue weighted by Gasteiger charge is -2.60. The first-order valence-electron chi connectivity index (χ1n) is 41.9. The summed E-state index contributed by atoms with van der Waals surface area (Å²) in [6.07, 6.45) is 16.7. The molecule has 43 heteroatoms. The monoisotopic (exact) mass is 1790 g/mol. The van der Waals surface area contributed by atoms with Crippen molar-refractivity contribution < 1.29 is 58.3 Å². The fraction of sp³-hybridized carbons (Fsp3) is 0.337. The molecule has 0 spiro atoms. The molecule has 7 amide bonds. The van der Waals surface area contributed by atoms with Crippen molar-refractivity contribution in [3.63, 3.8) is 0 Å². The van der Waals surface area contributed by atoms with E-state index in [0.29, 0.717) is 131 Å². The lowest BCUT2D eigenvalue weighted by Crippen LogP contribution is -2.71. The quantitative estimate of drug-likeness (QED) is 0.0161. The Morgan fingerprint density at radius 2 is 0.767 bits per heavy atom. The normalized spacial score (nSPS) is 15.3. The Kier molecular flexibility index (Phi) is 25.7. The number of carbonyl (C=O) groups excluding carboxylic acids is 7. The number of rotatable bonds is 28. The van der Waals surface area contributed by atoms with Gasteiger partial charge in [0, 0.05) is 126 Å². The molecule has 19 rings (SSSR count). The van der Waals surface area contributed by atoms with Crippen molar-refractivity contribution in [1.82, 2.24) is 105 Å². The molecule has 10 N–H and O–H groups in total. The number of benzene rings is 4. The van der Waals surface area contributed by atoms with Crippen molar-refractivity contribution in [2.75, 3.05) is 105 Å². The van der Waals surface area contributed by atoms with Crippen LogP contribution in [0.25, 0.3) is 45.6 Å². The Hall–Kier alpha value is -14.8. The predicted octanol–water partition coefficient (Wildman–Crippen LogP) is 10.5. The Morgan fingerprint density at radius 1 is 0.411 bits per heavy atom. The van der Waals surface area contributed by atoms with Crippen LogP contribution in [-0.4, -0.2) is 210 Å². The molecule has 0 unspecified atom stereocenters. The molecule has 5 saturated carbocycles. The van der Waals surface area contributed by atoms with Gasteiger partial charge in [0.25, 0.3) is 11.8 Å². The molecule has 10 heterocycles. The fourth-order valence-electron chi connectivity index (χ4n) is 14.2. The standard InChI is InChI=1S/C23H24N6O3.C21H23N9O3.C21H25N8O3P.C21H25N6O3P/c1-29-12-25-22(28-29)15-4-3-5-17(21(15)32-2)26-18-10-19(27-23(31)14-8-9-14)24-11-16(18)20(30)13-6-7-13;1-22-20(31)17-15(9-16(26-27-17)25-21(32)30-11-7-12(30)8-11)24-14-6-4-5-13(18(14)33-3)19-23-10-29(2)28-19;1-22-21(31)17-15(10-16(26-27-17)25-20(30)12-8-9-12)24-14-7-5-6-13(18(14)33(3,4)32)19-23-11-29(2)28-19;1-27-12-23-20(26-27)14-6-5-7-15(19(14)30-2)24-16-10-18(25-21(28)13-8-9-13)22-11-17(16)31(3,4)29/h3-5,10-14H,6-9H2,1-2H3,(H2,24,26,27,31);4-6,9-12H,7-8H2,1-3H3,(H,22,31)(H2,24,25,26,32);5-7,10-12H,8-9H2,1-4H3,(H,22,31)(H2,24,25,26,30);5-7,10-13H,8-9H2,1-4H3,(H2,22,24,25,28)/i11D;;;. The van der Waals surface area contributed by atoms with Crippen LogP contribution in [0, 0.1) is 23.7 Å². The van der Waals surface area contributed by atoms with Crippen molar-refractivity contribution in [2.24, 2.45) is 51.9 Å². The number of carbonyl (C=O) groups is 7. The van der Waals surface area contributed by atoms with Gasteiger partial charge in [-0.1, -0.05) is 30.3 Å². The van der Waals surface area contributed by atoms with Crippen molar-refractivity contribution >= 4 is 135 Å². The molecule has 0 radical (unpaired) electrons. The lowest BCUT2D eigenvalue weighted by atomic mass is 9.73. The van der Waals surface area contributed by atoms with E-state index < -0.39 is 26.1 Å². The topological polar surface area (TPSA) is 505 Å². The maximum Gasteiger partial charge on any atom is 0.323 e. The van der Waals surface area contributed by atoms with Crippen LogP contribution in [0.2, 0.25) is 0 Å². The van der Waals surface area contributed by atoms with Gasteiger partial charge in [-0.2, -0.15) is 20.4 Å². The highest BCUT2D eigenvalue weighted by Crippen LogP contribution is 2.48. The number of nitrogens with one attached hydrogen (secondary N) is 10. The van der Waals surface area contributed by atoms with Crippen molar-refractivity contribution in [3.05, 3.63) is 152 Å². The Labute approximate surface area is 741 Å². The second kappa shape index (κ2) is 37.8. The van der Waals surface area contributed by atoms with E-state index in [1.54, 1.807) is 180 Å². The average molecular weight is 1790 g/mol. The minimum Gasteiger partial charge on any atom is -0.494 e. The SMILES string of the molecule is CNC(=O)c1nnc(NC(=O)C2CC2)cc1Nc1cccc(-c2ncn(C)n2)c1P(C)(C)=O.CNC(=O)c1nnc(NC(=O)N2C3CC2C3)cc1Nc1cccc(-c2ncn(C)n2)c1OC.COc1c(Nc2cc(NC(=O)C3CC3)ncc2P(C)(C)=O)cccc1-c1ncn(C)n1.[2H]c1nc(NC(=O)C2CC2)cc(Nc2cccc(-c3ncn(C)n3)c2OC)c1C(=O)C1CC1. The lowest BCUT2D eigenvalue weighted by molar-refractivity contribution is -0.118. The number of methoxy groups -OCH3 is 3. The number of urea groups is 1. The molecule has 2 aliphatic heterocycles. The van der Waals surface area contributed by atoms with E-state index in [4.69, 9.17) is 15.6 Å². The summed E-state index contributed by atoms with van der Waals surface area (Å²) < 4.78 is 58.0. The summed E-state index contributed by atoms with van der Waals surface area (Å²) in [5, 5.41) is 63.8. The van der Waals surface area contributed by atoms with Gasteiger partial charge in [0.15, 0.2) is 69.4 Å². The second-order valence-corrected chi connectivity index (χ2v) is 38.7. The number of hydrogen-bond acceptors (Lipinski definition) is 30. The third kappa shape index (κ3) is 20.9. The number of Topliss-reactive ketones (excluding diaryl/α,β-unsaturated/α-hetero) is 1. The number of aromatic nitrogens is 18. The second-order valence-electron chi connectivity index (χ2n) is 32.3. The first kappa shape index (κ1) is 87.7. The predicted molar refractivity (Wildman–Crippen MR) is 485 cm³/mol. The number of ether oxygens (including phenoxy) is 3. The van der Waals surface area contributed by atoms with Crippen LogP contribution >= 0.6 is 14.3 Å². The van der Waals surface area contributed by atoms with Gasteiger partial charge in [-0.15, -0.1) is 20.4 Å². The fourth-order valence-corrected chi connectivity index (χ4v) is 16.7. The van der Waals surface area contributed by atoms with E-state index in [9.17, 15) is 42.7 Å². The molecule has 4 aromatic carbocycles. The molecule has 41 nitrogen and oxygen atoms in total. The first-order chi connectivity index (χ1) is 62.3. The van der Waals surface area contributed by atoms with Gasteiger partial charge in [-0.25, -0.2) is 34.7 Å². The summed E-state index contributed by atoms with van der Waals surface area (Å²) in [6.45, 7) is 6.68. The van der Waals surface area contributed by atoms with E-state index >= 15 is 0 Å². The van der Waals surface area contributed by atoms with Gasteiger partial charge in [0.2, 0.25) is 17.7 Å². The van der Waals surface area contributed by atoms with Crippen LogP contribution in [-0.2, 0) is 51.7 Å². The van der Waals surface area contributed by atoms with Gasteiger partial charge in [0.1, 0.15) is 51.2 Å². The van der Waals surface area contributed by atoms with Crippen molar-refractivity contribution in [2.45, 2.75) is 76.3 Å². The summed E-state index contributed by atoms with van der Waals surface area (Å²) >= 11 is 0. The molecule has 5 aliphatic carbocycles. The van der Waals surface area contributed by atoms with Crippen LogP contribution in [0.3, 0.4) is 0 Å². The zero-order valence-corrected chi connectivity index (χ0v) is 74.7. The van der Waals surface area contributed by atoms with Crippen molar-refractivity contribution in [3.8, 4) is 62.8 Å². The molecule has 2 saturated heterocycles. The zero-order valence-electron chi connectivity index (χ0n) is 73.9. The van der Waals surface area contributed by atoms with Crippen LogP contribution in [0.15, 0.2) is 135 Å². The number of amides is 7. The molecule has 0 atom stereocenters. The number of pyridine rings is 2. The van der Waals surface area contributed by atoms with Gasteiger partial charge >= 0.3 is 6.03 Å². The summed E-state index contributed by atoms with van der Waals surface area (Å²) in [5.41, 5.74) is 7.04. The molecule has 129 heavy (non-hydrogen) atoms. The van der Waals surface area contributed by atoms with Gasteiger partial charge < -0.3 is 76.1 Å². The highest BCUT2D eigenvalue weighted by atomic mass is 31.2. The van der Waals surface area contributed by atoms with Gasteiger partial charge in [-0.3, -0.25) is 52.8 Å². The Morgan fingerprint density at radius 3 is 1.14 bits per heavy atom. The molecule has 8 aromatic heterocycles. The maximum absolute atomic E-state index is 13.3. The van der Waals surface area contributed by atoms with Crippen molar-refractivity contribution in [1.29, 1.82) is 0 Å². The largest absolute Gasteiger partial charge is 0.494 e. The minimum atomic E-state index is -2.83. The number of hydrogen-bond donors (Lipinski definition) is 10. The summed E-state index contributed by atoms with van der Waals surface area (Å²) in [4.78, 5) is 114. The van der Waals surface area contributed by atoms with Gasteiger partial charge in [0.05, 0.1) is 95.8 Å². The molecule has 7 fully saturated rings. The van der Waals surface area contributed by atoms with E-state index in [2.05, 4.69) is 124 Å². The minimum absolute atomic E-state index is 0.00665. The average Bonchev–Trinajstić information content (AvgIpc) is 1.09.